The average Bonchev–Trinajstić information content (AvgIpc) is 2.77. The van der Waals surface area contributed by atoms with Gasteiger partial charge in [-0.2, -0.15) is 13.2 Å². The van der Waals surface area contributed by atoms with Gasteiger partial charge in [0.25, 0.3) is 5.91 Å². The summed E-state index contributed by atoms with van der Waals surface area (Å²) in [7, 11) is -4.44. The number of sulfonamides is 1. The van der Waals surface area contributed by atoms with Crippen LogP contribution in [0.2, 0.25) is 0 Å². The molecule has 1 heterocycles. The van der Waals surface area contributed by atoms with Crippen LogP contribution in [0, 0.1) is 0 Å². The predicted molar refractivity (Wildman–Crippen MR) is 120 cm³/mol. The molecule has 184 valence electrons. The quantitative estimate of drug-likeness (QED) is 0.494. The van der Waals surface area contributed by atoms with E-state index in [1.165, 1.54) is 11.0 Å². The van der Waals surface area contributed by atoms with Crippen molar-refractivity contribution in [3.63, 3.8) is 0 Å². The molecule has 34 heavy (non-hydrogen) atoms. The zero-order valence-electron chi connectivity index (χ0n) is 17.6. The van der Waals surface area contributed by atoms with Crippen molar-refractivity contribution in [1.82, 2.24) is 14.9 Å². The molecular weight excluding hydrogens is 543 g/mol. The van der Waals surface area contributed by atoms with Crippen LogP contribution < -0.4 is 10.0 Å². The Morgan fingerprint density at radius 1 is 1.09 bits per heavy atom. The number of amides is 2. The molecule has 0 aromatic heterocycles. The summed E-state index contributed by atoms with van der Waals surface area (Å²) in [4.78, 5) is 24.0. The van der Waals surface area contributed by atoms with E-state index in [9.17, 15) is 31.2 Å². The summed E-state index contributed by atoms with van der Waals surface area (Å²) in [6, 6.07) is 8.63. The number of nitrogens with zero attached hydrogens (tertiary/aromatic N) is 1. The highest BCUT2D eigenvalue weighted by Gasteiger charge is 2.38. The molecule has 0 radical (unpaired) electrons. The first-order chi connectivity index (χ1) is 15.9. The summed E-state index contributed by atoms with van der Waals surface area (Å²) in [5.41, 5.74) is -0.190. The SMILES string of the molecule is O=C(O)NCc1ccc(C(=O)N2CCC(NS(=O)(=O)c3ccc(Br)cc3C(F)(F)F)CC2)cc1. The van der Waals surface area contributed by atoms with E-state index >= 15 is 0 Å². The van der Waals surface area contributed by atoms with Crippen LogP contribution in [0.4, 0.5) is 18.0 Å². The second-order valence-corrected chi connectivity index (χ2v) is 10.3. The molecule has 3 N–H and O–H groups in total. The Balaban J connectivity index is 1.62. The maximum absolute atomic E-state index is 13.4. The summed E-state index contributed by atoms with van der Waals surface area (Å²) in [5.74, 6) is -0.272. The van der Waals surface area contributed by atoms with Crippen LogP contribution in [0.5, 0.6) is 0 Å². The molecule has 8 nitrogen and oxygen atoms in total. The van der Waals surface area contributed by atoms with Gasteiger partial charge in [0.05, 0.1) is 10.5 Å². The molecular formula is C21H21BrF3N3O5S. The number of alkyl halides is 3. The van der Waals surface area contributed by atoms with Crippen LogP contribution in [0.3, 0.4) is 0 Å². The summed E-state index contributed by atoms with van der Waals surface area (Å²) in [6.07, 6.45) is -5.52. The number of hydrogen-bond donors (Lipinski definition) is 3. The highest BCUT2D eigenvalue weighted by Crippen LogP contribution is 2.36. The topological polar surface area (TPSA) is 116 Å². The van der Waals surface area contributed by atoms with E-state index in [1.54, 1.807) is 24.3 Å². The van der Waals surface area contributed by atoms with Crippen LogP contribution in [0.1, 0.15) is 34.3 Å². The second kappa shape index (κ2) is 10.3. The third-order valence-corrected chi connectivity index (χ3v) is 7.36. The molecule has 2 aromatic carbocycles. The van der Waals surface area contributed by atoms with Crippen molar-refractivity contribution < 1.29 is 36.3 Å². The Kier molecular flexibility index (Phi) is 7.88. The maximum atomic E-state index is 13.4. The largest absolute Gasteiger partial charge is 0.465 e. The van der Waals surface area contributed by atoms with Gasteiger partial charge in [-0.15, -0.1) is 0 Å². The first-order valence-electron chi connectivity index (χ1n) is 10.1. The van der Waals surface area contributed by atoms with E-state index in [2.05, 4.69) is 26.0 Å². The fourth-order valence-corrected chi connectivity index (χ4v) is 5.44. The van der Waals surface area contributed by atoms with Crippen molar-refractivity contribution in [1.29, 1.82) is 0 Å². The molecule has 3 rings (SSSR count). The van der Waals surface area contributed by atoms with E-state index in [0.717, 1.165) is 12.1 Å². The van der Waals surface area contributed by atoms with Gasteiger partial charge in [-0.1, -0.05) is 28.1 Å². The Hall–Kier alpha value is -2.64. The summed E-state index contributed by atoms with van der Waals surface area (Å²) < 4.78 is 67.9. The van der Waals surface area contributed by atoms with Crippen molar-refractivity contribution in [3.8, 4) is 0 Å². The molecule has 1 aliphatic heterocycles. The lowest BCUT2D eigenvalue weighted by Crippen LogP contribution is -2.46. The predicted octanol–water partition coefficient (Wildman–Crippen LogP) is 3.82. The Bertz CT molecular complexity index is 1170. The Morgan fingerprint density at radius 2 is 1.71 bits per heavy atom. The minimum Gasteiger partial charge on any atom is -0.465 e. The van der Waals surface area contributed by atoms with Gasteiger partial charge in [0.2, 0.25) is 10.0 Å². The van der Waals surface area contributed by atoms with Gasteiger partial charge in [-0.25, -0.2) is 17.9 Å². The zero-order valence-corrected chi connectivity index (χ0v) is 20.0. The lowest BCUT2D eigenvalue weighted by molar-refractivity contribution is -0.139. The van der Waals surface area contributed by atoms with Gasteiger partial charge >= 0.3 is 12.3 Å². The van der Waals surface area contributed by atoms with Gasteiger partial charge in [0, 0.05) is 35.7 Å². The fourth-order valence-electron chi connectivity index (χ4n) is 3.57. The Morgan fingerprint density at radius 3 is 2.26 bits per heavy atom. The number of halogens is 4. The molecule has 0 unspecified atom stereocenters. The molecule has 0 saturated carbocycles. The molecule has 1 saturated heterocycles. The minimum absolute atomic E-state index is 0.101. The van der Waals surface area contributed by atoms with Crippen molar-refractivity contribution in [2.75, 3.05) is 13.1 Å². The second-order valence-electron chi connectivity index (χ2n) is 7.68. The third-order valence-electron chi connectivity index (χ3n) is 5.29. The average molecular weight is 564 g/mol. The number of carbonyl (C=O) groups is 2. The molecule has 13 heteroatoms. The maximum Gasteiger partial charge on any atom is 0.417 e. The number of nitrogens with one attached hydrogen (secondary N) is 2. The molecule has 0 spiro atoms. The van der Waals surface area contributed by atoms with Crippen LogP contribution in [-0.2, 0) is 22.7 Å². The smallest absolute Gasteiger partial charge is 0.417 e. The van der Waals surface area contributed by atoms with Crippen molar-refractivity contribution in [2.45, 2.75) is 36.5 Å². The molecule has 0 atom stereocenters. The van der Waals surface area contributed by atoms with Crippen LogP contribution in [0.15, 0.2) is 51.8 Å². The Labute approximate surface area is 202 Å². The van der Waals surface area contributed by atoms with Crippen molar-refractivity contribution >= 4 is 38.0 Å². The highest BCUT2D eigenvalue weighted by molar-refractivity contribution is 9.10. The number of piperidine rings is 1. The van der Waals surface area contributed by atoms with Crippen LogP contribution in [0.25, 0.3) is 0 Å². The van der Waals surface area contributed by atoms with E-state index in [1.807, 2.05) is 0 Å². The minimum atomic E-state index is -4.84. The van der Waals surface area contributed by atoms with E-state index in [-0.39, 0.29) is 42.9 Å². The molecule has 1 fully saturated rings. The molecule has 1 aliphatic rings. The van der Waals surface area contributed by atoms with Gasteiger partial charge in [0.15, 0.2) is 0 Å². The van der Waals surface area contributed by atoms with Gasteiger partial charge in [0.1, 0.15) is 0 Å². The van der Waals surface area contributed by atoms with Gasteiger partial charge in [-0.05, 0) is 48.7 Å². The van der Waals surface area contributed by atoms with Crippen molar-refractivity contribution in [2.24, 2.45) is 0 Å². The number of likely N-dealkylation sites (tertiary alicyclic amines) is 1. The number of hydrogen-bond acceptors (Lipinski definition) is 4. The zero-order chi connectivity index (χ0) is 25.1. The molecule has 0 bridgehead atoms. The normalized spacial score (nSPS) is 15.2. The number of rotatable bonds is 6. The van der Waals surface area contributed by atoms with Gasteiger partial charge in [-0.3, -0.25) is 4.79 Å². The number of carbonyl (C=O) groups excluding carboxylic acids is 1. The first kappa shape index (κ1) is 26.0. The van der Waals surface area contributed by atoms with Crippen LogP contribution >= 0.6 is 15.9 Å². The standard InChI is InChI=1S/C21H21BrF3N3O5S/c22-15-5-6-18(17(11-15)21(23,24)25)34(32,33)27-16-7-9-28(10-8-16)19(29)14-3-1-13(2-4-14)12-26-20(30)31/h1-6,11,16,26-27H,7-10,12H2,(H,30,31). The molecule has 0 aliphatic carbocycles. The van der Waals surface area contributed by atoms with E-state index in [0.29, 0.717) is 11.1 Å². The highest BCUT2D eigenvalue weighted by atomic mass is 79.9. The summed E-state index contributed by atoms with van der Waals surface area (Å²) in [6.45, 7) is 0.547. The monoisotopic (exact) mass is 563 g/mol. The summed E-state index contributed by atoms with van der Waals surface area (Å²) >= 11 is 2.93. The molecule has 2 amide bonds. The molecule has 2 aromatic rings. The first-order valence-corrected chi connectivity index (χ1v) is 12.4. The number of carboxylic acid groups (broad SMARTS) is 1. The lowest BCUT2D eigenvalue weighted by atomic mass is 10.0. The van der Waals surface area contributed by atoms with Gasteiger partial charge < -0.3 is 15.3 Å². The third kappa shape index (κ3) is 6.48. The van der Waals surface area contributed by atoms with E-state index < -0.39 is 38.8 Å². The lowest BCUT2D eigenvalue weighted by Gasteiger charge is -2.32. The fraction of sp³-hybridized carbons (Fsp3) is 0.333. The van der Waals surface area contributed by atoms with Crippen LogP contribution in [-0.4, -0.2) is 49.6 Å². The van der Waals surface area contributed by atoms with E-state index in [4.69, 9.17) is 5.11 Å². The summed E-state index contributed by atoms with van der Waals surface area (Å²) in [5, 5.41) is 10.9. The van der Waals surface area contributed by atoms with Crippen molar-refractivity contribution in [3.05, 3.63) is 63.6 Å². The number of benzene rings is 2.